The Hall–Kier alpha value is -2.25. The van der Waals surface area contributed by atoms with Crippen LogP contribution in [0, 0.1) is 0 Å². The van der Waals surface area contributed by atoms with E-state index in [9.17, 15) is 0 Å². The Morgan fingerprint density at radius 1 is 1.29 bits per heavy atom. The van der Waals surface area contributed by atoms with E-state index in [0.717, 1.165) is 37.7 Å². The molecule has 0 amide bonds. The van der Waals surface area contributed by atoms with Gasteiger partial charge in [-0.3, -0.25) is 5.10 Å². The summed E-state index contributed by atoms with van der Waals surface area (Å²) in [6, 6.07) is 6.48. The van der Waals surface area contributed by atoms with Gasteiger partial charge in [0.25, 0.3) is 0 Å². The van der Waals surface area contributed by atoms with Crippen LogP contribution in [0.25, 0.3) is 10.6 Å². The van der Waals surface area contributed by atoms with E-state index in [1.165, 1.54) is 16.9 Å². The predicted octanol–water partition coefficient (Wildman–Crippen LogP) is 2.69. The minimum absolute atomic E-state index is 0.439. The summed E-state index contributed by atoms with van der Waals surface area (Å²) in [6.45, 7) is 2.78. The molecule has 0 saturated carbocycles. The number of anilines is 1. The number of H-pyrrole nitrogens is 1. The lowest BCUT2D eigenvalue weighted by Crippen LogP contribution is -2.46. The third-order valence-corrected chi connectivity index (χ3v) is 5.21. The summed E-state index contributed by atoms with van der Waals surface area (Å²) in [4.78, 5) is 12.2. The monoisotopic (exact) mass is 340 g/mol. The van der Waals surface area contributed by atoms with E-state index in [1.807, 2.05) is 12.3 Å². The Bertz CT molecular complexity index is 755. The summed E-state index contributed by atoms with van der Waals surface area (Å²) in [7, 11) is 0. The van der Waals surface area contributed by atoms with E-state index < -0.39 is 0 Å². The second kappa shape index (κ2) is 7.11. The summed E-state index contributed by atoms with van der Waals surface area (Å²) in [5, 5.41) is 13.1. The standard InChI is InChI=1S/C17H20N6S/c1-4-14(12-23(8-1)17-18-6-3-7-19-17)20-10-13-11-21-22-16(13)15-5-2-9-24-15/h2-3,5-7,9,11,14,20H,1,4,8,10,12H2,(H,21,22). The molecule has 4 rings (SSSR count). The van der Waals surface area contributed by atoms with Gasteiger partial charge in [0.2, 0.25) is 5.95 Å². The summed E-state index contributed by atoms with van der Waals surface area (Å²) in [5.74, 6) is 0.826. The van der Waals surface area contributed by atoms with Gasteiger partial charge in [-0.1, -0.05) is 6.07 Å². The zero-order chi connectivity index (χ0) is 16.2. The topological polar surface area (TPSA) is 69.7 Å². The quantitative estimate of drug-likeness (QED) is 0.747. The number of piperidine rings is 1. The molecule has 0 aromatic carbocycles. The van der Waals surface area contributed by atoms with Crippen LogP contribution >= 0.6 is 11.3 Å². The summed E-state index contributed by atoms with van der Waals surface area (Å²) < 4.78 is 0. The molecule has 0 spiro atoms. The number of nitrogens with one attached hydrogen (secondary N) is 2. The molecular formula is C17H20N6S. The zero-order valence-corrected chi connectivity index (χ0v) is 14.2. The molecule has 1 aliphatic heterocycles. The molecule has 1 unspecified atom stereocenters. The molecular weight excluding hydrogens is 320 g/mol. The van der Waals surface area contributed by atoms with Crippen molar-refractivity contribution in [2.75, 3.05) is 18.0 Å². The van der Waals surface area contributed by atoms with E-state index >= 15 is 0 Å². The first kappa shape index (κ1) is 15.3. The van der Waals surface area contributed by atoms with E-state index in [2.05, 4.69) is 47.9 Å². The molecule has 2 N–H and O–H groups in total. The average molecular weight is 340 g/mol. The summed E-state index contributed by atoms with van der Waals surface area (Å²) in [6.07, 6.45) is 7.86. The van der Waals surface area contributed by atoms with Crippen molar-refractivity contribution >= 4 is 17.3 Å². The number of nitrogens with zero attached hydrogens (tertiary/aromatic N) is 4. The van der Waals surface area contributed by atoms with Crippen LogP contribution in [0.15, 0.2) is 42.2 Å². The molecule has 3 aromatic heterocycles. The fourth-order valence-corrected chi connectivity index (χ4v) is 3.87. The molecule has 6 nitrogen and oxygen atoms in total. The number of aromatic amines is 1. The number of rotatable bonds is 5. The van der Waals surface area contributed by atoms with Gasteiger partial charge < -0.3 is 10.2 Å². The number of thiophene rings is 1. The molecule has 1 saturated heterocycles. The van der Waals surface area contributed by atoms with Gasteiger partial charge in [-0.15, -0.1) is 11.3 Å². The van der Waals surface area contributed by atoms with Crippen molar-refractivity contribution in [2.24, 2.45) is 0 Å². The van der Waals surface area contributed by atoms with Gasteiger partial charge in [0.15, 0.2) is 0 Å². The van der Waals surface area contributed by atoms with Gasteiger partial charge in [-0.2, -0.15) is 5.10 Å². The van der Waals surface area contributed by atoms with Gasteiger partial charge in [-0.25, -0.2) is 9.97 Å². The minimum atomic E-state index is 0.439. The SMILES string of the molecule is c1cnc(N2CCCC(NCc3cn[nH]c3-c3cccs3)C2)nc1. The van der Waals surface area contributed by atoms with Crippen molar-refractivity contribution < 1.29 is 0 Å². The van der Waals surface area contributed by atoms with Crippen molar-refractivity contribution in [3.63, 3.8) is 0 Å². The van der Waals surface area contributed by atoms with Gasteiger partial charge in [0.05, 0.1) is 16.8 Å². The molecule has 0 aliphatic carbocycles. The lowest BCUT2D eigenvalue weighted by atomic mass is 10.1. The van der Waals surface area contributed by atoms with Crippen LogP contribution in [0.2, 0.25) is 0 Å². The van der Waals surface area contributed by atoms with Crippen LogP contribution in [-0.2, 0) is 6.54 Å². The Morgan fingerprint density at radius 2 is 2.21 bits per heavy atom. The first-order valence-corrected chi connectivity index (χ1v) is 9.09. The highest BCUT2D eigenvalue weighted by Crippen LogP contribution is 2.26. The van der Waals surface area contributed by atoms with Crippen molar-refractivity contribution in [2.45, 2.75) is 25.4 Å². The van der Waals surface area contributed by atoms with Crippen LogP contribution in [0.3, 0.4) is 0 Å². The fourth-order valence-electron chi connectivity index (χ4n) is 3.11. The molecule has 1 aliphatic rings. The fraction of sp³-hybridized carbons (Fsp3) is 0.353. The third-order valence-electron chi connectivity index (χ3n) is 4.32. The molecule has 7 heteroatoms. The highest BCUT2D eigenvalue weighted by molar-refractivity contribution is 7.13. The Balaban J connectivity index is 1.39. The van der Waals surface area contributed by atoms with E-state index in [0.29, 0.717) is 6.04 Å². The zero-order valence-electron chi connectivity index (χ0n) is 13.4. The molecule has 1 atom stereocenters. The number of hydrogen-bond donors (Lipinski definition) is 2. The Morgan fingerprint density at radius 3 is 3.04 bits per heavy atom. The maximum absolute atomic E-state index is 4.37. The molecule has 124 valence electrons. The van der Waals surface area contributed by atoms with Gasteiger partial charge in [-0.05, 0) is 30.4 Å². The van der Waals surface area contributed by atoms with E-state index in [4.69, 9.17) is 0 Å². The Kier molecular flexibility index (Phi) is 4.53. The largest absolute Gasteiger partial charge is 0.339 e. The van der Waals surface area contributed by atoms with E-state index in [-0.39, 0.29) is 0 Å². The number of aromatic nitrogens is 4. The summed E-state index contributed by atoms with van der Waals surface area (Å²) in [5.41, 5.74) is 2.34. The van der Waals surface area contributed by atoms with Crippen molar-refractivity contribution in [3.8, 4) is 10.6 Å². The first-order valence-electron chi connectivity index (χ1n) is 8.21. The van der Waals surface area contributed by atoms with Crippen LogP contribution in [-0.4, -0.2) is 39.3 Å². The minimum Gasteiger partial charge on any atom is -0.339 e. The van der Waals surface area contributed by atoms with Crippen molar-refractivity contribution in [1.82, 2.24) is 25.5 Å². The van der Waals surface area contributed by atoms with Gasteiger partial charge in [0.1, 0.15) is 0 Å². The lowest BCUT2D eigenvalue weighted by Gasteiger charge is -2.33. The average Bonchev–Trinajstić information content (AvgIpc) is 3.32. The molecule has 0 radical (unpaired) electrons. The van der Waals surface area contributed by atoms with Crippen LogP contribution in [0.5, 0.6) is 0 Å². The molecule has 0 bridgehead atoms. The third kappa shape index (κ3) is 3.32. The molecule has 24 heavy (non-hydrogen) atoms. The molecule has 1 fully saturated rings. The van der Waals surface area contributed by atoms with Crippen molar-refractivity contribution in [1.29, 1.82) is 0 Å². The highest BCUT2D eigenvalue weighted by atomic mass is 32.1. The molecule has 4 heterocycles. The summed E-state index contributed by atoms with van der Waals surface area (Å²) >= 11 is 1.73. The first-order chi connectivity index (χ1) is 11.9. The second-order valence-electron chi connectivity index (χ2n) is 5.96. The highest BCUT2D eigenvalue weighted by Gasteiger charge is 2.21. The van der Waals surface area contributed by atoms with E-state index in [1.54, 1.807) is 23.7 Å². The smallest absolute Gasteiger partial charge is 0.225 e. The van der Waals surface area contributed by atoms with Crippen LogP contribution in [0.4, 0.5) is 5.95 Å². The second-order valence-corrected chi connectivity index (χ2v) is 6.91. The maximum atomic E-state index is 4.37. The van der Waals surface area contributed by atoms with Gasteiger partial charge in [0, 0.05) is 43.6 Å². The van der Waals surface area contributed by atoms with Gasteiger partial charge >= 0.3 is 0 Å². The lowest BCUT2D eigenvalue weighted by molar-refractivity contribution is 0.418. The maximum Gasteiger partial charge on any atom is 0.225 e. The van der Waals surface area contributed by atoms with Crippen LogP contribution in [0.1, 0.15) is 18.4 Å². The Labute approximate surface area is 145 Å². The predicted molar refractivity (Wildman–Crippen MR) is 96.0 cm³/mol. The van der Waals surface area contributed by atoms with Crippen LogP contribution < -0.4 is 10.2 Å². The normalized spacial score (nSPS) is 18.0. The molecule has 3 aromatic rings. The van der Waals surface area contributed by atoms with Crippen molar-refractivity contribution in [3.05, 3.63) is 47.7 Å². The number of hydrogen-bond acceptors (Lipinski definition) is 6.